The van der Waals surface area contributed by atoms with Crippen molar-refractivity contribution in [1.29, 1.82) is 0 Å². The fraction of sp³-hybridized carbons (Fsp3) is 0.143. The average Bonchev–Trinajstić information content (AvgIpc) is 1.94. The second kappa shape index (κ2) is 2.97. The lowest BCUT2D eigenvalue weighted by molar-refractivity contribution is 0.596. The molecule has 0 spiro atoms. The van der Waals surface area contributed by atoms with E-state index in [1.54, 1.807) is 0 Å². The van der Waals surface area contributed by atoms with Crippen LogP contribution in [0.2, 0.25) is 0 Å². The molecule has 0 saturated heterocycles. The van der Waals surface area contributed by atoms with Gasteiger partial charge in [0.1, 0.15) is 5.82 Å². The number of nitrogen functional groups attached to an aromatic ring is 1. The maximum Gasteiger partial charge on any atom is 0.238 e. The van der Waals surface area contributed by atoms with Crippen molar-refractivity contribution in [3.05, 3.63) is 23.5 Å². The monoisotopic (exact) mass is 204 g/mol. The van der Waals surface area contributed by atoms with E-state index in [1.165, 1.54) is 6.92 Å². The molecule has 1 aromatic carbocycles. The van der Waals surface area contributed by atoms with E-state index in [4.69, 9.17) is 10.9 Å². The van der Waals surface area contributed by atoms with Gasteiger partial charge in [0.25, 0.3) is 0 Å². The zero-order valence-corrected chi connectivity index (χ0v) is 7.73. The van der Waals surface area contributed by atoms with Crippen molar-refractivity contribution >= 4 is 15.7 Å². The fourth-order valence-corrected chi connectivity index (χ4v) is 1.77. The Bertz CT molecular complexity index is 442. The van der Waals surface area contributed by atoms with Crippen LogP contribution in [0.3, 0.4) is 0 Å². The van der Waals surface area contributed by atoms with Crippen molar-refractivity contribution in [2.45, 2.75) is 11.8 Å². The van der Waals surface area contributed by atoms with E-state index in [9.17, 15) is 12.8 Å². The number of nitrogens with two attached hydrogens (primary N) is 2. The highest BCUT2D eigenvalue weighted by Gasteiger charge is 2.13. The predicted octanol–water partition coefficient (Wildman–Crippen LogP) is 0.364. The summed E-state index contributed by atoms with van der Waals surface area (Å²) < 4.78 is 34.6. The number of sulfonamides is 1. The van der Waals surface area contributed by atoms with Crippen molar-refractivity contribution in [3.8, 4) is 0 Å². The Hall–Kier alpha value is -1.14. The molecule has 4 N–H and O–H groups in total. The highest BCUT2D eigenvalue weighted by atomic mass is 32.2. The van der Waals surface area contributed by atoms with Gasteiger partial charge in [0.2, 0.25) is 10.0 Å². The fourth-order valence-electron chi connectivity index (χ4n) is 0.975. The van der Waals surface area contributed by atoms with E-state index in [1.807, 2.05) is 0 Å². The van der Waals surface area contributed by atoms with Crippen LogP contribution in [0.1, 0.15) is 5.56 Å². The normalized spacial score (nSPS) is 11.6. The summed E-state index contributed by atoms with van der Waals surface area (Å²) in [5, 5.41) is 4.87. The zero-order chi connectivity index (χ0) is 10.2. The molecule has 0 amide bonds. The second-order valence-electron chi connectivity index (χ2n) is 2.68. The van der Waals surface area contributed by atoms with Crippen molar-refractivity contribution in [3.63, 3.8) is 0 Å². The Morgan fingerprint density at radius 2 is 1.92 bits per heavy atom. The first kappa shape index (κ1) is 9.94. The topological polar surface area (TPSA) is 86.2 Å². The van der Waals surface area contributed by atoms with Crippen LogP contribution in [0.4, 0.5) is 10.1 Å². The van der Waals surface area contributed by atoms with Crippen LogP contribution in [0.25, 0.3) is 0 Å². The van der Waals surface area contributed by atoms with Crippen LogP contribution in [0.5, 0.6) is 0 Å². The lowest BCUT2D eigenvalue weighted by Gasteiger charge is -2.04. The first-order valence-electron chi connectivity index (χ1n) is 3.41. The van der Waals surface area contributed by atoms with E-state index in [0.29, 0.717) is 0 Å². The first-order valence-corrected chi connectivity index (χ1v) is 4.95. The average molecular weight is 204 g/mol. The maximum atomic E-state index is 12.8. The van der Waals surface area contributed by atoms with Gasteiger partial charge in [-0.2, -0.15) is 0 Å². The summed E-state index contributed by atoms with van der Waals surface area (Å²) >= 11 is 0. The van der Waals surface area contributed by atoms with E-state index in [0.717, 1.165) is 12.1 Å². The Morgan fingerprint density at radius 1 is 1.38 bits per heavy atom. The minimum absolute atomic E-state index is 0.147. The number of anilines is 1. The number of hydrogen-bond acceptors (Lipinski definition) is 3. The lowest BCUT2D eigenvalue weighted by Crippen LogP contribution is -2.14. The van der Waals surface area contributed by atoms with Crippen molar-refractivity contribution < 1.29 is 12.8 Å². The Balaban J connectivity index is 3.50. The number of hydrogen-bond donors (Lipinski definition) is 2. The van der Waals surface area contributed by atoms with Gasteiger partial charge in [0.05, 0.1) is 10.6 Å². The molecular formula is C7H9FN2O2S. The quantitative estimate of drug-likeness (QED) is 0.648. The Labute approximate surface area is 75.4 Å². The maximum absolute atomic E-state index is 12.8. The summed E-state index contributed by atoms with van der Waals surface area (Å²) in [6.45, 7) is 1.45. The minimum Gasteiger partial charge on any atom is -0.396 e. The second-order valence-corrected chi connectivity index (χ2v) is 4.21. The number of rotatable bonds is 1. The standard InChI is InChI=1S/C7H9FN2O2S/c1-4-2-5(8)6(9)3-7(4)13(10,11)12/h2-3H,9H2,1H3,(H2,10,11,12). The molecule has 0 atom stereocenters. The van der Waals surface area contributed by atoms with Gasteiger partial charge in [-0.25, -0.2) is 17.9 Å². The lowest BCUT2D eigenvalue weighted by atomic mass is 10.2. The number of benzene rings is 1. The molecule has 0 aliphatic carbocycles. The van der Waals surface area contributed by atoms with Gasteiger partial charge in [-0.15, -0.1) is 0 Å². The molecule has 0 bridgehead atoms. The molecule has 0 fully saturated rings. The van der Waals surface area contributed by atoms with Crippen LogP contribution in [0.15, 0.2) is 17.0 Å². The van der Waals surface area contributed by atoms with Crippen LogP contribution in [0, 0.1) is 12.7 Å². The molecular weight excluding hydrogens is 195 g/mol. The molecule has 72 valence electrons. The van der Waals surface area contributed by atoms with E-state index >= 15 is 0 Å². The first-order chi connectivity index (χ1) is 5.82. The summed E-state index contributed by atoms with van der Waals surface area (Å²) in [5.74, 6) is -0.648. The SMILES string of the molecule is Cc1cc(F)c(N)cc1S(N)(=O)=O. The molecule has 0 heterocycles. The van der Waals surface area contributed by atoms with Crippen molar-refractivity contribution in [2.24, 2.45) is 5.14 Å². The number of primary sulfonamides is 1. The summed E-state index contributed by atoms with van der Waals surface area (Å²) in [4.78, 5) is -0.147. The molecule has 0 saturated carbocycles. The third-order valence-corrected chi connectivity index (χ3v) is 2.65. The molecule has 0 radical (unpaired) electrons. The van der Waals surface area contributed by atoms with E-state index < -0.39 is 15.8 Å². The van der Waals surface area contributed by atoms with Crippen LogP contribution >= 0.6 is 0 Å². The smallest absolute Gasteiger partial charge is 0.238 e. The van der Waals surface area contributed by atoms with E-state index in [-0.39, 0.29) is 16.1 Å². The van der Waals surface area contributed by atoms with Gasteiger partial charge in [0.15, 0.2) is 0 Å². The largest absolute Gasteiger partial charge is 0.396 e. The molecule has 1 aromatic rings. The summed E-state index contributed by atoms with van der Waals surface area (Å²) in [7, 11) is -3.82. The number of aryl methyl sites for hydroxylation is 1. The van der Waals surface area contributed by atoms with Crippen molar-refractivity contribution in [1.82, 2.24) is 0 Å². The van der Waals surface area contributed by atoms with Crippen LogP contribution in [-0.2, 0) is 10.0 Å². The number of halogens is 1. The third-order valence-electron chi connectivity index (χ3n) is 1.60. The van der Waals surface area contributed by atoms with Crippen LogP contribution < -0.4 is 10.9 Å². The Morgan fingerprint density at radius 3 is 2.38 bits per heavy atom. The molecule has 0 aliphatic heterocycles. The van der Waals surface area contributed by atoms with Crippen LogP contribution in [-0.4, -0.2) is 8.42 Å². The molecule has 0 unspecified atom stereocenters. The van der Waals surface area contributed by atoms with Gasteiger partial charge >= 0.3 is 0 Å². The highest BCUT2D eigenvalue weighted by molar-refractivity contribution is 7.89. The highest BCUT2D eigenvalue weighted by Crippen LogP contribution is 2.19. The van der Waals surface area contributed by atoms with Gasteiger partial charge in [0, 0.05) is 0 Å². The van der Waals surface area contributed by atoms with Gasteiger partial charge in [-0.05, 0) is 24.6 Å². The molecule has 4 nitrogen and oxygen atoms in total. The molecule has 0 aliphatic rings. The molecule has 0 aromatic heterocycles. The molecule has 13 heavy (non-hydrogen) atoms. The van der Waals surface area contributed by atoms with Gasteiger partial charge in [-0.3, -0.25) is 0 Å². The summed E-state index contributed by atoms with van der Waals surface area (Å²) in [6.07, 6.45) is 0. The zero-order valence-electron chi connectivity index (χ0n) is 6.91. The van der Waals surface area contributed by atoms with Gasteiger partial charge < -0.3 is 5.73 Å². The van der Waals surface area contributed by atoms with Crippen molar-refractivity contribution in [2.75, 3.05) is 5.73 Å². The Kier molecular flexibility index (Phi) is 2.27. The predicted molar refractivity (Wildman–Crippen MR) is 46.9 cm³/mol. The summed E-state index contributed by atoms with van der Waals surface area (Å²) in [6, 6.07) is 2.05. The third kappa shape index (κ3) is 1.96. The molecule has 1 rings (SSSR count). The minimum atomic E-state index is -3.82. The molecule has 6 heteroatoms. The van der Waals surface area contributed by atoms with Gasteiger partial charge in [-0.1, -0.05) is 0 Å². The summed E-state index contributed by atoms with van der Waals surface area (Å²) in [5.41, 5.74) is 5.21. The van der Waals surface area contributed by atoms with E-state index in [2.05, 4.69) is 0 Å².